The Hall–Kier alpha value is -0.780. The van der Waals surface area contributed by atoms with Gasteiger partial charge in [-0.1, -0.05) is 6.07 Å². The van der Waals surface area contributed by atoms with Crippen LogP contribution in [0.1, 0.15) is 5.69 Å². The van der Waals surface area contributed by atoms with Crippen LogP contribution in [0.5, 0.6) is 0 Å². The fraction of sp³-hybridized carbons (Fsp3) is 0.400. The van der Waals surface area contributed by atoms with E-state index in [1.54, 1.807) is 18.0 Å². The first-order valence-corrected chi connectivity index (χ1v) is 5.70. The summed E-state index contributed by atoms with van der Waals surface area (Å²) in [5.41, 5.74) is 6.56. The Morgan fingerprint density at radius 2 is 2.38 bits per heavy atom. The first kappa shape index (κ1) is 15.2. The number of hydrogen-bond donors (Lipinski definition) is 1. The van der Waals surface area contributed by atoms with Gasteiger partial charge >= 0.3 is 5.97 Å². The minimum Gasteiger partial charge on any atom is -0.468 e. The van der Waals surface area contributed by atoms with Gasteiger partial charge in [0.25, 0.3) is 0 Å². The molecule has 4 nitrogen and oxygen atoms in total. The maximum absolute atomic E-state index is 11.0. The van der Waals surface area contributed by atoms with Crippen molar-refractivity contribution in [3.63, 3.8) is 0 Å². The van der Waals surface area contributed by atoms with Crippen LogP contribution in [0.25, 0.3) is 0 Å². The van der Waals surface area contributed by atoms with Gasteiger partial charge in [0.2, 0.25) is 0 Å². The van der Waals surface area contributed by atoms with Crippen LogP contribution >= 0.6 is 24.2 Å². The summed E-state index contributed by atoms with van der Waals surface area (Å²) in [6, 6.07) is 5.19. The van der Waals surface area contributed by atoms with Crippen LogP contribution in [0.2, 0.25) is 0 Å². The van der Waals surface area contributed by atoms with Crippen molar-refractivity contribution in [2.45, 2.75) is 11.8 Å². The lowest BCUT2D eigenvalue weighted by Gasteiger charge is -2.07. The van der Waals surface area contributed by atoms with Gasteiger partial charge in [0.15, 0.2) is 0 Å². The van der Waals surface area contributed by atoms with E-state index in [-0.39, 0.29) is 18.4 Å². The standard InChI is InChI=1S/C10H14N2O2S.ClH/c1-14-10(13)9(11)7-15-6-8-4-2-3-5-12-8;/h2-5,9H,6-7,11H2,1H3;1H. The van der Waals surface area contributed by atoms with Gasteiger partial charge in [0, 0.05) is 17.7 Å². The third kappa shape index (κ3) is 5.34. The van der Waals surface area contributed by atoms with Crippen molar-refractivity contribution in [2.24, 2.45) is 5.73 Å². The molecule has 1 unspecified atom stereocenters. The lowest BCUT2D eigenvalue weighted by atomic mass is 10.4. The number of methoxy groups -OCH3 is 1. The number of thioether (sulfide) groups is 1. The van der Waals surface area contributed by atoms with Crippen molar-refractivity contribution in [3.05, 3.63) is 30.1 Å². The molecule has 0 bridgehead atoms. The van der Waals surface area contributed by atoms with Crippen LogP contribution in [0.4, 0.5) is 0 Å². The van der Waals surface area contributed by atoms with Gasteiger partial charge in [0.05, 0.1) is 12.8 Å². The van der Waals surface area contributed by atoms with Crippen LogP contribution in [-0.4, -0.2) is 29.9 Å². The van der Waals surface area contributed by atoms with Gasteiger partial charge in [-0.05, 0) is 12.1 Å². The Kier molecular flexibility index (Phi) is 7.97. The number of ether oxygens (including phenoxy) is 1. The number of rotatable bonds is 5. The molecule has 1 rings (SSSR count). The maximum atomic E-state index is 11.0. The Bertz CT molecular complexity index is 311. The van der Waals surface area contributed by atoms with Gasteiger partial charge in [-0.15, -0.1) is 12.4 Å². The summed E-state index contributed by atoms with van der Waals surface area (Å²) in [5, 5.41) is 0. The topological polar surface area (TPSA) is 65.2 Å². The van der Waals surface area contributed by atoms with Gasteiger partial charge in [-0.2, -0.15) is 11.8 Å². The third-order valence-electron chi connectivity index (χ3n) is 1.78. The molecule has 0 saturated heterocycles. The van der Waals surface area contributed by atoms with Gasteiger partial charge in [-0.25, -0.2) is 0 Å². The molecule has 1 aromatic rings. The zero-order valence-electron chi connectivity index (χ0n) is 8.96. The highest BCUT2D eigenvalue weighted by atomic mass is 35.5. The molecule has 0 spiro atoms. The second-order valence-corrected chi connectivity index (χ2v) is 4.00. The molecular weight excluding hydrogens is 248 g/mol. The highest BCUT2D eigenvalue weighted by Crippen LogP contribution is 2.10. The number of aromatic nitrogens is 1. The van der Waals surface area contributed by atoms with Crippen LogP contribution in [0.3, 0.4) is 0 Å². The van der Waals surface area contributed by atoms with Crippen LogP contribution in [0, 0.1) is 0 Å². The van der Waals surface area contributed by atoms with Gasteiger partial charge in [0.1, 0.15) is 6.04 Å². The van der Waals surface area contributed by atoms with E-state index in [2.05, 4.69) is 9.72 Å². The second-order valence-electron chi connectivity index (χ2n) is 2.97. The molecule has 0 radical (unpaired) electrons. The number of carbonyl (C=O) groups is 1. The summed E-state index contributed by atoms with van der Waals surface area (Å²) in [5.74, 6) is 0.929. The number of halogens is 1. The van der Waals surface area contributed by atoms with E-state index in [4.69, 9.17) is 5.73 Å². The molecule has 0 aliphatic rings. The Labute approximate surface area is 105 Å². The molecule has 6 heteroatoms. The minimum atomic E-state index is -0.552. The Balaban J connectivity index is 0.00000225. The summed E-state index contributed by atoms with van der Waals surface area (Å²) in [6.45, 7) is 0. The fourth-order valence-electron chi connectivity index (χ4n) is 0.993. The van der Waals surface area contributed by atoms with Crippen LogP contribution in [0.15, 0.2) is 24.4 Å². The number of nitrogens with zero attached hydrogens (tertiary/aromatic N) is 1. The van der Waals surface area contributed by atoms with E-state index in [0.717, 1.165) is 11.4 Å². The number of pyridine rings is 1. The van der Waals surface area contributed by atoms with Crippen LogP contribution in [-0.2, 0) is 15.3 Å². The summed E-state index contributed by atoms with van der Waals surface area (Å²) in [6.07, 6.45) is 1.75. The van der Waals surface area contributed by atoms with Gasteiger partial charge < -0.3 is 10.5 Å². The largest absolute Gasteiger partial charge is 0.468 e. The molecule has 1 aromatic heterocycles. The van der Waals surface area contributed by atoms with E-state index in [0.29, 0.717) is 5.75 Å². The minimum absolute atomic E-state index is 0. The molecule has 90 valence electrons. The van der Waals surface area contributed by atoms with Crippen molar-refractivity contribution >= 4 is 30.1 Å². The van der Waals surface area contributed by atoms with E-state index < -0.39 is 6.04 Å². The number of esters is 1. The molecule has 0 amide bonds. The monoisotopic (exact) mass is 262 g/mol. The molecule has 2 N–H and O–H groups in total. The number of carbonyl (C=O) groups excluding carboxylic acids is 1. The Morgan fingerprint density at radius 3 is 2.94 bits per heavy atom. The molecular formula is C10H15ClN2O2S. The molecule has 1 atom stereocenters. The van der Waals surface area contributed by atoms with E-state index in [1.807, 2.05) is 18.2 Å². The Morgan fingerprint density at radius 1 is 1.62 bits per heavy atom. The summed E-state index contributed by atoms with van der Waals surface area (Å²) < 4.78 is 4.52. The van der Waals surface area contributed by atoms with E-state index in [9.17, 15) is 4.79 Å². The van der Waals surface area contributed by atoms with Crippen molar-refractivity contribution in [2.75, 3.05) is 12.9 Å². The second kappa shape index (κ2) is 8.38. The molecule has 0 aliphatic carbocycles. The quantitative estimate of drug-likeness (QED) is 0.809. The predicted molar refractivity (Wildman–Crippen MR) is 67.6 cm³/mol. The SMILES string of the molecule is COC(=O)C(N)CSCc1ccccn1.Cl. The van der Waals surface area contributed by atoms with Crippen molar-refractivity contribution in [1.82, 2.24) is 4.98 Å². The first-order valence-electron chi connectivity index (χ1n) is 4.55. The smallest absolute Gasteiger partial charge is 0.323 e. The number of nitrogens with two attached hydrogens (primary N) is 1. The van der Waals surface area contributed by atoms with E-state index in [1.165, 1.54) is 7.11 Å². The number of hydrogen-bond acceptors (Lipinski definition) is 5. The molecule has 1 heterocycles. The maximum Gasteiger partial charge on any atom is 0.323 e. The predicted octanol–water partition coefficient (Wildman–Crippen LogP) is 1.24. The van der Waals surface area contributed by atoms with Crippen LogP contribution < -0.4 is 5.73 Å². The molecule has 16 heavy (non-hydrogen) atoms. The fourth-order valence-corrected chi connectivity index (χ4v) is 1.88. The average molecular weight is 263 g/mol. The zero-order valence-corrected chi connectivity index (χ0v) is 10.6. The highest BCUT2D eigenvalue weighted by molar-refractivity contribution is 7.98. The summed E-state index contributed by atoms with van der Waals surface area (Å²) >= 11 is 1.57. The van der Waals surface area contributed by atoms with Crippen molar-refractivity contribution in [1.29, 1.82) is 0 Å². The molecule has 0 fully saturated rings. The van der Waals surface area contributed by atoms with Crippen molar-refractivity contribution in [3.8, 4) is 0 Å². The summed E-state index contributed by atoms with van der Waals surface area (Å²) in [7, 11) is 1.34. The third-order valence-corrected chi connectivity index (χ3v) is 2.87. The lowest BCUT2D eigenvalue weighted by molar-refractivity contribution is -0.141. The lowest BCUT2D eigenvalue weighted by Crippen LogP contribution is -2.33. The first-order chi connectivity index (χ1) is 7.24. The van der Waals surface area contributed by atoms with E-state index >= 15 is 0 Å². The zero-order chi connectivity index (χ0) is 11.1. The molecule has 0 aromatic carbocycles. The van der Waals surface area contributed by atoms with Crippen molar-refractivity contribution < 1.29 is 9.53 Å². The average Bonchev–Trinajstić information content (AvgIpc) is 2.29. The highest BCUT2D eigenvalue weighted by Gasteiger charge is 2.12. The normalized spacial score (nSPS) is 11.4. The molecule has 0 saturated carbocycles. The molecule has 0 aliphatic heterocycles. The van der Waals surface area contributed by atoms with Gasteiger partial charge in [-0.3, -0.25) is 9.78 Å². The summed E-state index contributed by atoms with van der Waals surface area (Å²) in [4.78, 5) is 15.1.